The SMILES string of the molecule is COc1ccc(NC(=O)Cn2cccc2-c2nnc(C3CCC3)o2)cc1. The van der Waals surface area contributed by atoms with Crippen molar-refractivity contribution in [3.05, 3.63) is 48.5 Å². The number of carbonyl (C=O) groups excluding carboxylic acids is 1. The van der Waals surface area contributed by atoms with Crippen molar-refractivity contribution in [2.45, 2.75) is 31.7 Å². The van der Waals surface area contributed by atoms with Crippen LogP contribution >= 0.6 is 0 Å². The molecule has 3 aromatic rings. The maximum absolute atomic E-state index is 12.4. The number of ether oxygens (including phenoxy) is 1. The van der Waals surface area contributed by atoms with Gasteiger partial charge in [0.15, 0.2) is 0 Å². The third-order valence-electron chi connectivity index (χ3n) is 4.63. The van der Waals surface area contributed by atoms with Gasteiger partial charge in [-0.1, -0.05) is 6.42 Å². The number of nitrogens with one attached hydrogen (secondary N) is 1. The fraction of sp³-hybridized carbons (Fsp3) is 0.316. The van der Waals surface area contributed by atoms with Crippen LogP contribution in [0.5, 0.6) is 5.75 Å². The average molecular weight is 352 g/mol. The Morgan fingerprint density at radius 3 is 2.77 bits per heavy atom. The van der Waals surface area contributed by atoms with Crippen molar-refractivity contribution in [2.24, 2.45) is 0 Å². The molecule has 26 heavy (non-hydrogen) atoms. The number of benzene rings is 1. The van der Waals surface area contributed by atoms with Gasteiger partial charge in [-0.3, -0.25) is 4.79 Å². The normalized spacial score (nSPS) is 14.0. The number of amides is 1. The molecule has 4 rings (SSSR count). The third kappa shape index (κ3) is 3.33. The van der Waals surface area contributed by atoms with Crippen LogP contribution < -0.4 is 10.1 Å². The molecule has 1 aromatic carbocycles. The summed E-state index contributed by atoms with van der Waals surface area (Å²) in [5.74, 6) is 2.15. The zero-order valence-electron chi connectivity index (χ0n) is 14.5. The summed E-state index contributed by atoms with van der Waals surface area (Å²) >= 11 is 0. The van der Waals surface area contributed by atoms with Crippen LogP contribution in [0.4, 0.5) is 5.69 Å². The Bertz CT molecular complexity index is 894. The topological polar surface area (TPSA) is 82.2 Å². The first-order valence-electron chi connectivity index (χ1n) is 8.66. The van der Waals surface area contributed by atoms with Crippen molar-refractivity contribution in [3.8, 4) is 17.3 Å². The molecule has 1 aliphatic rings. The molecule has 1 saturated carbocycles. The summed E-state index contributed by atoms with van der Waals surface area (Å²) < 4.78 is 12.7. The fourth-order valence-electron chi connectivity index (χ4n) is 2.93. The predicted molar refractivity (Wildman–Crippen MR) is 95.9 cm³/mol. The van der Waals surface area contributed by atoms with E-state index < -0.39 is 0 Å². The Kier molecular flexibility index (Phi) is 4.43. The van der Waals surface area contributed by atoms with Gasteiger partial charge in [-0.25, -0.2) is 0 Å². The van der Waals surface area contributed by atoms with Crippen LogP contribution in [0.2, 0.25) is 0 Å². The van der Waals surface area contributed by atoms with Crippen molar-refractivity contribution in [1.82, 2.24) is 14.8 Å². The number of nitrogens with zero attached hydrogens (tertiary/aromatic N) is 3. The Labute approximate surface area is 151 Å². The number of hydrogen-bond donors (Lipinski definition) is 1. The van der Waals surface area contributed by atoms with Crippen LogP contribution in [-0.2, 0) is 11.3 Å². The molecule has 1 aliphatic carbocycles. The summed E-state index contributed by atoms with van der Waals surface area (Å²) in [6, 6.07) is 10.9. The molecule has 2 aromatic heterocycles. The highest BCUT2D eigenvalue weighted by atomic mass is 16.5. The number of methoxy groups -OCH3 is 1. The minimum absolute atomic E-state index is 0.133. The quantitative estimate of drug-likeness (QED) is 0.735. The maximum atomic E-state index is 12.4. The van der Waals surface area contributed by atoms with Crippen molar-refractivity contribution in [3.63, 3.8) is 0 Å². The molecule has 0 atom stereocenters. The van der Waals surface area contributed by atoms with Gasteiger partial charge in [0.25, 0.3) is 5.89 Å². The molecule has 2 heterocycles. The number of carbonyl (C=O) groups is 1. The molecule has 1 N–H and O–H groups in total. The van der Waals surface area contributed by atoms with E-state index in [9.17, 15) is 4.79 Å². The molecule has 0 radical (unpaired) electrons. The van der Waals surface area contributed by atoms with E-state index >= 15 is 0 Å². The van der Waals surface area contributed by atoms with E-state index in [1.54, 1.807) is 35.9 Å². The predicted octanol–water partition coefficient (Wildman–Crippen LogP) is 3.45. The Hall–Kier alpha value is -3.09. The Morgan fingerprint density at radius 1 is 1.27 bits per heavy atom. The lowest BCUT2D eigenvalue weighted by atomic mass is 9.85. The zero-order chi connectivity index (χ0) is 17.9. The summed E-state index contributed by atoms with van der Waals surface area (Å²) in [5.41, 5.74) is 1.46. The van der Waals surface area contributed by atoms with Crippen molar-refractivity contribution in [1.29, 1.82) is 0 Å². The molecule has 134 valence electrons. The molecule has 1 amide bonds. The second-order valence-corrected chi connectivity index (χ2v) is 6.37. The summed E-state index contributed by atoms with van der Waals surface area (Å²) in [5, 5.41) is 11.2. The Balaban J connectivity index is 1.44. The molecule has 0 saturated heterocycles. The smallest absolute Gasteiger partial charge is 0.264 e. The lowest BCUT2D eigenvalue weighted by Crippen LogP contribution is -2.18. The highest BCUT2D eigenvalue weighted by Crippen LogP contribution is 2.36. The van der Waals surface area contributed by atoms with Crippen LogP contribution in [-0.4, -0.2) is 27.8 Å². The first kappa shape index (κ1) is 16.4. The molecular formula is C19H20N4O3. The first-order valence-corrected chi connectivity index (χ1v) is 8.66. The molecule has 0 spiro atoms. The van der Waals surface area contributed by atoms with E-state index in [1.165, 1.54) is 6.42 Å². The van der Waals surface area contributed by atoms with Gasteiger partial charge in [-0.15, -0.1) is 10.2 Å². The minimum atomic E-state index is -0.133. The Morgan fingerprint density at radius 2 is 2.08 bits per heavy atom. The van der Waals surface area contributed by atoms with Crippen LogP contribution in [0.25, 0.3) is 11.6 Å². The van der Waals surface area contributed by atoms with Gasteiger partial charge in [-0.2, -0.15) is 0 Å². The van der Waals surface area contributed by atoms with Crippen LogP contribution in [0.3, 0.4) is 0 Å². The van der Waals surface area contributed by atoms with Crippen molar-refractivity contribution < 1.29 is 13.9 Å². The molecule has 0 bridgehead atoms. The van der Waals surface area contributed by atoms with Crippen molar-refractivity contribution >= 4 is 11.6 Å². The van der Waals surface area contributed by atoms with Gasteiger partial charge in [-0.05, 0) is 49.2 Å². The third-order valence-corrected chi connectivity index (χ3v) is 4.63. The van der Waals surface area contributed by atoms with E-state index in [1.807, 2.05) is 18.3 Å². The number of aromatic nitrogens is 3. The molecule has 7 heteroatoms. The van der Waals surface area contributed by atoms with Gasteiger partial charge < -0.3 is 19.0 Å². The van der Waals surface area contributed by atoms with Crippen LogP contribution in [0.1, 0.15) is 31.1 Å². The molecular weight excluding hydrogens is 332 g/mol. The fourth-order valence-corrected chi connectivity index (χ4v) is 2.93. The average Bonchev–Trinajstić information content (AvgIpc) is 3.23. The van der Waals surface area contributed by atoms with Gasteiger partial charge in [0.2, 0.25) is 11.8 Å². The van der Waals surface area contributed by atoms with Crippen molar-refractivity contribution in [2.75, 3.05) is 12.4 Å². The zero-order valence-corrected chi connectivity index (χ0v) is 14.5. The highest BCUT2D eigenvalue weighted by Gasteiger charge is 2.26. The summed E-state index contributed by atoms with van der Waals surface area (Å²) in [6.45, 7) is 0.162. The monoisotopic (exact) mass is 352 g/mol. The first-order chi connectivity index (χ1) is 12.7. The number of hydrogen-bond acceptors (Lipinski definition) is 5. The molecule has 0 unspecified atom stereocenters. The second kappa shape index (κ2) is 7.03. The number of anilines is 1. The lowest BCUT2D eigenvalue weighted by Gasteiger charge is -2.20. The molecule has 1 fully saturated rings. The maximum Gasteiger partial charge on any atom is 0.264 e. The van der Waals surface area contributed by atoms with Crippen LogP contribution in [0.15, 0.2) is 47.0 Å². The van der Waals surface area contributed by atoms with E-state index in [-0.39, 0.29) is 12.5 Å². The largest absolute Gasteiger partial charge is 0.497 e. The molecule has 7 nitrogen and oxygen atoms in total. The highest BCUT2D eigenvalue weighted by molar-refractivity contribution is 5.90. The summed E-state index contributed by atoms with van der Waals surface area (Å²) in [4.78, 5) is 12.4. The van der Waals surface area contributed by atoms with Crippen LogP contribution in [0, 0.1) is 0 Å². The van der Waals surface area contributed by atoms with Gasteiger partial charge in [0.05, 0.1) is 7.11 Å². The lowest BCUT2D eigenvalue weighted by molar-refractivity contribution is -0.116. The molecule has 0 aliphatic heterocycles. The van der Waals surface area contributed by atoms with Gasteiger partial charge in [0.1, 0.15) is 18.0 Å². The van der Waals surface area contributed by atoms with Gasteiger partial charge >= 0.3 is 0 Å². The second-order valence-electron chi connectivity index (χ2n) is 6.37. The van der Waals surface area contributed by atoms with E-state index in [2.05, 4.69) is 15.5 Å². The van der Waals surface area contributed by atoms with E-state index in [0.717, 1.165) is 30.0 Å². The minimum Gasteiger partial charge on any atom is -0.497 e. The standard InChI is InChI=1S/C19H20N4O3/c1-25-15-9-7-14(8-10-15)20-17(24)12-23-11-3-6-16(23)19-22-21-18(26-19)13-4-2-5-13/h3,6-11,13H,2,4-5,12H2,1H3,(H,20,24). The van der Waals surface area contributed by atoms with E-state index in [4.69, 9.17) is 9.15 Å². The van der Waals surface area contributed by atoms with Gasteiger partial charge in [0, 0.05) is 17.8 Å². The van der Waals surface area contributed by atoms with E-state index in [0.29, 0.717) is 17.7 Å². The number of rotatable bonds is 6. The summed E-state index contributed by atoms with van der Waals surface area (Å²) in [6.07, 6.45) is 5.25. The summed E-state index contributed by atoms with van der Waals surface area (Å²) in [7, 11) is 1.61.